The summed E-state index contributed by atoms with van der Waals surface area (Å²) in [6.45, 7) is 1.97. The molecule has 0 heterocycles. The summed E-state index contributed by atoms with van der Waals surface area (Å²) in [6, 6.07) is 2.18. The van der Waals surface area contributed by atoms with Gasteiger partial charge < -0.3 is 14.4 Å². The Morgan fingerprint density at radius 2 is 1.86 bits per heavy atom. The lowest BCUT2D eigenvalue weighted by molar-refractivity contribution is -0.0369. The van der Waals surface area contributed by atoms with E-state index in [1.54, 1.807) is 0 Å². The van der Waals surface area contributed by atoms with Crippen molar-refractivity contribution in [1.82, 2.24) is 0 Å². The van der Waals surface area contributed by atoms with E-state index in [2.05, 4.69) is 4.18 Å². The molecule has 1 aliphatic rings. The van der Waals surface area contributed by atoms with Gasteiger partial charge in [0.2, 0.25) is 0 Å². The third-order valence-corrected chi connectivity index (χ3v) is 3.75. The lowest BCUT2D eigenvalue weighted by Gasteiger charge is -2.22. The van der Waals surface area contributed by atoms with E-state index in [1.165, 1.54) is 0 Å². The van der Waals surface area contributed by atoms with E-state index in [9.17, 15) is 23.4 Å². The Morgan fingerprint density at radius 3 is 2.38 bits per heavy atom. The monoisotopic (exact) mass is 320 g/mol. The first-order valence-corrected chi connectivity index (χ1v) is 7.16. The van der Waals surface area contributed by atoms with Gasteiger partial charge in [0.1, 0.15) is 17.2 Å². The first-order valence-electron chi connectivity index (χ1n) is 6.42. The third-order valence-electron chi connectivity index (χ3n) is 3.28. The fraction of sp³-hybridized carbons (Fsp3) is 0.429. The molecule has 0 bridgehead atoms. The van der Waals surface area contributed by atoms with Crippen LogP contribution in [0.4, 0.5) is 13.2 Å². The fourth-order valence-corrected chi connectivity index (χ4v) is 2.75. The molecule has 0 unspecified atom stereocenters. The highest BCUT2D eigenvalue weighted by Gasteiger charge is 2.32. The van der Waals surface area contributed by atoms with Crippen molar-refractivity contribution in [1.29, 1.82) is 0 Å². The van der Waals surface area contributed by atoms with Gasteiger partial charge in [-0.15, -0.1) is 0 Å². The van der Waals surface area contributed by atoms with Crippen LogP contribution in [0.3, 0.4) is 0 Å². The van der Waals surface area contributed by atoms with Gasteiger partial charge in [-0.25, -0.2) is 0 Å². The van der Waals surface area contributed by atoms with Crippen molar-refractivity contribution in [2.24, 2.45) is 0 Å². The van der Waals surface area contributed by atoms with Crippen molar-refractivity contribution >= 4 is 12.0 Å². The first-order chi connectivity index (χ1) is 9.76. The molecule has 0 spiro atoms. The van der Waals surface area contributed by atoms with Crippen LogP contribution in [0.25, 0.3) is 0 Å². The van der Waals surface area contributed by atoms with E-state index in [4.69, 9.17) is 0 Å². The predicted octanol–water partition coefficient (Wildman–Crippen LogP) is 4.86. The van der Waals surface area contributed by atoms with E-state index in [-0.39, 0.29) is 23.2 Å². The number of benzene rings is 1. The minimum Gasteiger partial charge on any atom is -0.507 e. The standard InChI is InChI=1S/C14H15F3O3S/c1-8-3-2-4-9(5-8)13-11(18)6-10(7-12(13)19)20-21-14(15,16)17/h5-7,9,18-19H,2-4H2,1H3/t9-/m1/s1. The molecule has 0 saturated heterocycles. The number of phenolic OH excluding ortho intramolecular Hbond substituents is 2. The average molecular weight is 320 g/mol. The molecule has 0 amide bonds. The molecule has 0 aliphatic heterocycles. The van der Waals surface area contributed by atoms with Crippen molar-refractivity contribution in [2.75, 3.05) is 0 Å². The Bertz CT molecular complexity index is 532. The molecule has 1 aliphatic carbocycles. The van der Waals surface area contributed by atoms with Gasteiger partial charge in [0.15, 0.2) is 12.0 Å². The topological polar surface area (TPSA) is 49.7 Å². The molecule has 0 radical (unpaired) electrons. The van der Waals surface area contributed by atoms with Gasteiger partial charge in [-0.05, 0) is 26.2 Å². The molecule has 0 fully saturated rings. The Morgan fingerprint density at radius 1 is 1.24 bits per heavy atom. The van der Waals surface area contributed by atoms with Crippen LogP contribution in [-0.2, 0) is 0 Å². The number of aromatic hydroxyl groups is 2. The normalized spacial score (nSPS) is 19.2. The minimum atomic E-state index is -4.55. The van der Waals surface area contributed by atoms with Gasteiger partial charge in [0.05, 0.1) is 0 Å². The molecule has 21 heavy (non-hydrogen) atoms. The van der Waals surface area contributed by atoms with E-state index in [1.807, 2.05) is 13.0 Å². The van der Waals surface area contributed by atoms with Gasteiger partial charge in [-0.2, -0.15) is 13.2 Å². The number of hydrogen-bond donors (Lipinski definition) is 2. The lowest BCUT2D eigenvalue weighted by Crippen LogP contribution is -2.04. The largest absolute Gasteiger partial charge is 0.507 e. The zero-order valence-electron chi connectivity index (χ0n) is 11.3. The number of alkyl halides is 3. The summed E-state index contributed by atoms with van der Waals surface area (Å²) < 4.78 is 40.6. The summed E-state index contributed by atoms with van der Waals surface area (Å²) in [7, 11) is 0. The lowest BCUT2D eigenvalue weighted by atomic mass is 9.85. The summed E-state index contributed by atoms with van der Waals surface area (Å²) in [5, 5.41) is 20.0. The Labute approximate surface area is 124 Å². The van der Waals surface area contributed by atoms with Crippen LogP contribution in [0.15, 0.2) is 23.8 Å². The Kier molecular flexibility index (Phi) is 4.61. The van der Waals surface area contributed by atoms with Crippen LogP contribution in [0.2, 0.25) is 0 Å². The van der Waals surface area contributed by atoms with Crippen molar-refractivity contribution in [3.8, 4) is 17.2 Å². The Balaban J connectivity index is 2.23. The molecule has 0 saturated carbocycles. The maximum absolute atomic E-state index is 12.1. The highest BCUT2D eigenvalue weighted by molar-refractivity contribution is 7.95. The third kappa shape index (κ3) is 4.23. The molecule has 7 heteroatoms. The van der Waals surface area contributed by atoms with Crippen molar-refractivity contribution in [3.63, 3.8) is 0 Å². The molecule has 0 aromatic heterocycles. The molecule has 1 aromatic carbocycles. The molecule has 116 valence electrons. The number of allylic oxidation sites excluding steroid dienone is 2. The van der Waals surface area contributed by atoms with Crippen LogP contribution in [0, 0.1) is 0 Å². The molecule has 1 atom stereocenters. The number of hydrogen-bond acceptors (Lipinski definition) is 4. The molecule has 1 aromatic rings. The smallest absolute Gasteiger partial charge is 0.479 e. The van der Waals surface area contributed by atoms with E-state index >= 15 is 0 Å². The van der Waals surface area contributed by atoms with Gasteiger partial charge in [0, 0.05) is 23.6 Å². The van der Waals surface area contributed by atoms with E-state index < -0.39 is 17.6 Å². The van der Waals surface area contributed by atoms with Crippen LogP contribution in [0.1, 0.15) is 37.7 Å². The fourth-order valence-electron chi connectivity index (χ4n) is 2.46. The van der Waals surface area contributed by atoms with Crippen molar-refractivity contribution in [3.05, 3.63) is 29.3 Å². The van der Waals surface area contributed by atoms with E-state index in [0.717, 1.165) is 37.0 Å². The number of phenols is 2. The second-order valence-electron chi connectivity index (χ2n) is 5.00. The van der Waals surface area contributed by atoms with Crippen LogP contribution >= 0.6 is 12.0 Å². The summed E-state index contributed by atoms with van der Waals surface area (Å²) in [4.78, 5) is 0. The molecular formula is C14H15F3O3S. The summed E-state index contributed by atoms with van der Waals surface area (Å²) in [6.07, 6.45) is 4.65. The maximum atomic E-state index is 12.1. The highest BCUT2D eigenvalue weighted by Crippen LogP contribution is 2.44. The quantitative estimate of drug-likeness (QED) is 0.617. The number of rotatable bonds is 3. The Hall–Kier alpha value is -1.50. The van der Waals surface area contributed by atoms with Gasteiger partial charge in [-0.1, -0.05) is 11.6 Å². The van der Waals surface area contributed by atoms with Gasteiger partial charge in [0.25, 0.3) is 0 Å². The molecule has 2 rings (SSSR count). The second-order valence-corrected chi connectivity index (χ2v) is 5.80. The second kappa shape index (κ2) is 6.09. The molecular weight excluding hydrogens is 305 g/mol. The highest BCUT2D eigenvalue weighted by atomic mass is 32.2. The van der Waals surface area contributed by atoms with Crippen molar-refractivity contribution in [2.45, 2.75) is 37.6 Å². The van der Waals surface area contributed by atoms with Crippen LogP contribution in [0.5, 0.6) is 17.2 Å². The maximum Gasteiger partial charge on any atom is 0.479 e. The average Bonchev–Trinajstić information content (AvgIpc) is 2.35. The summed E-state index contributed by atoms with van der Waals surface area (Å²) in [5.41, 5.74) is -3.05. The molecule has 3 nitrogen and oxygen atoms in total. The zero-order valence-corrected chi connectivity index (χ0v) is 12.1. The van der Waals surface area contributed by atoms with Crippen LogP contribution < -0.4 is 4.18 Å². The van der Waals surface area contributed by atoms with Gasteiger partial charge in [-0.3, -0.25) is 0 Å². The molecule has 2 N–H and O–H groups in total. The first kappa shape index (κ1) is 15.9. The van der Waals surface area contributed by atoms with E-state index in [0.29, 0.717) is 5.56 Å². The van der Waals surface area contributed by atoms with Crippen LogP contribution in [-0.4, -0.2) is 15.7 Å². The zero-order chi connectivity index (χ0) is 15.6. The van der Waals surface area contributed by atoms with Crippen molar-refractivity contribution < 1.29 is 27.6 Å². The number of halogens is 3. The summed E-state index contributed by atoms with van der Waals surface area (Å²) >= 11 is -0.688. The van der Waals surface area contributed by atoms with Gasteiger partial charge >= 0.3 is 5.51 Å². The predicted molar refractivity (Wildman–Crippen MR) is 74.4 cm³/mol. The minimum absolute atomic E-state index is 0.136. The SMILES string of the molecule is CC1=C[C@H](c2c(O)cc(OSC(F)(F)F)cc2O)CCC1. The summed E-state index contributed by atoms with van der Waals surface area (Å²) in [5.74, 6) is -0.900.